The molecule has 2 rings (SSSR count). The van der Waals surface area contributed by atoms with Crippen molar-refractivity contribution in [3.8, 4) is 0 Å². The number of nitrogens with zero attached hydrogens (tertiary/aromatic N) is 3. The Morgan fingerprint density at radius 1 is 1.33 bits per heavy atom. The molecule has 1 aromatic carbocycles. The van der Waals surface area contributed by atoms with Gasteiger partial charge in [-0.05, 0) is 12.1 Å². The molecule has 0 aliphatic carbocycles. The number of nitro benzene ring substituents is 1. The van der Waals surface area contributed by atoms with Crippen LogP contribution < -0.4 is 0 Å². The summed E-state index contributed by atoms with van der Waals surface area (Å²) in [4.78, 5) is 17.6. The molecule has 0 aliphatic rings. The van der Waals surface area contributed by atoms with Crippen LogP contribution in [-0.4, -0.2) is 15.1 Å². The lowest BCUT2D eigenvalue weighted by molar-refractivity contribution is -0.385. The zero-order valence-electron chi connectivity index (χ0n) is 10.1. The molecule has 0 N–H and O–H groups in total. The van der Waals surface area contributed by atoms with Gasteiger partial charge < -0.3 is 0 Å². The van der Waals surface area contributed by atoms with Gasteiger partial charge in [-0.3, -0.25) is 10.1 Å². The fraction of sp³-hybridized carbons (Fsp3) is 0. The molecule has 0 aliphatic heterocycles. The van der Waals surface area contributed by atoms with Gasteiger partial charge in [0.25, 0.3) is 5.69 Å². The largest absolute Gasteiger partial charge is 0.281 e. The van der Waals surface area contributed by atoms with Gasteiger partial charge in [0.05, 0.1) is 9.95 Å². The van der Waals surface area contributed by atoms with Gasteiger partial charge in [0, 0.05) is 12.3 Å². The van der Waals surface area contributed by atoms with Gasteiger partial charge in [-0.25, -0.2) is 14.4 Å². The Morgan fingerprint density at radius 2 is 2.05 bits per heavy atom. The smallest absolute Gasteiger partial charge is 0.258 e. The van der Waals surface area contributed by atoms with E-state index in [0.29, 0.717) is 0 Å². The molecule has 1 heterocycles. The average Bonchev–Trinajstić information content (AvgIpc) is 2.43. The molecule has 0 spiro atoms. The summed E-state index contributed by atoms with van der Waals surface area (Å²) in [6, 6.07) is 5.26. The maximum atomic E-state index is 13.7. The highest BCUT2D eigenvalue weighted by Gasteiger charge is 2.21. The molecular weight excluding hydrogens is 344 g/mol. The monoisotopic (exact) mass is 347 g/mol. The lowest BCUT2D eigenvalue weighted by Gasteiger charge is -2.04. The first kappa shape index (κ1) is 15.6. The number of benzene rings is 1. The number of hydrogen-bond acceptors (Lipinski definition) is 4. The maximum Gasteiger partial charge on any atom is 0.281 e. The van der Waals surface area contributed by atoms with Crippen molar-refractivity contribution in [2.45, 2.75) is 0 Å². The SMILES string of the molecule is O=[N+]([O-])c1cccc(Cl)c1C(Cl)=Nc1ccnc(Cl)c1F. The van der Waals surface area contributed by atoms with Crippen LogP contribution in [0.4, 0.5) is 15.8 Å². The summed E-state index contributed by atoms with van der Waals surface area (Å²) < 4.78 is 13.7. The predicted octanol–water partition coefficient (Wildman–Crippen LogP) is 4.75. The Bertz CT molecular complexity index is 753. The van der Waals surface area contributed by atoms with Crippen LogP contribution in [0.15, 0.2) is 35.5 Å². The van der Waals surface area contributed by atoms with E-state index >= 15 is 0 Å². The molecule has 0 amide bonds. The van der Waals surface area contributed by atoms with Crippen LogP contribution in [0.3, 0.4) is 0 Å². The molecular formula is C12H5Cl3FN3O2. The van der Waals surface area contributed by atoms with Gasteiger partial charge >= 0.3 is 0 Å². The molecule has 0 saturated carbocycles. The summed E-state index contributed by atoms with van der Waals surface area (Å²) in [5.74, 6) is -0.882. The second-order valence-corrected chi connectivity index (χ2v) is 4.85. The van der Waals surface area contributed by atoms with Crippen molar-refractivity contribution < 1.29 is 9.31 Å². The van der Waals surface area contributed by atoms with E-state index in [4.69, 9.17) is 34.8 Å². The fourth-order valence-corrected chi connectivity index (χ4v) is 2.28. The highest BCUT2D eigenvalue weighted by molar-refractivity contribution is 6.71. The molecule has 0 saturated heterocycles. The lowest BCUT2D eigenvalue weighted by Crippen LogP contribution is -2.00. The van der Waals surface area contributed by atoms with E-state index in [2.05, 4.69) is 9.98 Å². The van der Waals surface area contributed by atoms with Gasteiger partial charge in [-0.2, -0.15) is 0 Å². The summed E-state index contributed by atoms with van der Waals surface area (Å²) in [6.45, 7) is 0. The molecule has 108 valence electrons. The van der Waals surface area contributed by atoms with Crippen molar-refractivity contribution >= 4 is 51.3 Å². The Kier molecular flexibility index (Phi) is 4.72. The first-order valence-electron chi connectivity index (χ1n) is 5.39. The first-order chi connectivity index (χ1) is 9.91. The van der Waals surface area contributed by atoms with Crippen molar-refractivity contribution in [3.05, 3.63) is 62.1 Å². The molecule has 0 atom stereocenters. The number of aromatic nitrogens is 1. The number of nitro groups is 1. The normalized spacial score (nSPS) is 11.5. The van der Waals surface area contributed by atoms with E-state index in [9.17, 15) is 14.5 Å². The lowest BCUT2D eigenvalue weighted by atomic mass is 10.2. The minimum atomic E-state index is -0.882. The van der Waals surface area contributed by atoms with Crippen molar-refractivity contribution in [3.63, 3.8) is 0 Å². The van der Waals surface area contributed by atoms with Crippen molar-refractivity contribution in [2.75, 3.05) is 0 Å². The molecule has 1 aromatic heterocycles. The van der Waals surface area contributed by atoms with Gasteiger partial charge in [0.15, 0.2) is 11.0 Å². The molecule has 5 nitrogen and oxygen atoms in total. The quantitative estimate of drug-likeness (QED) is 0.348. The fourth-order valence-electron chi connectivity index (χ4n) is 1.53. The van der Waals surface area contributed by atoms with Gasteiger partial charge in [-0.15, -0.1) is 0 Å². The van der Waals surface area contributed by atoms with E-state index in [1.807, 2.05) is 0 Å². The van der Waals surface area contributed by atoms with Crippen LogP contribution in [0.25, 0.3) is 0 Å². The van der Waals surface area contributed by atoms with E-state index in [1.54, 1.807) is 0 Å². The first-order valence-corrected chi connectivity index (χ1v) is 6.52. The number of aliphatic imine (C=N–C) groups is 1. The van der Waals surface area contributed by atoms with Gasteiger partial charge in [0.1, 0.15) is 16.4 Å². The Hall–Kier alpha value is -1.76. The Labute approximate surface area is 133 Å². The van der Waals surface area contributed by atoms with Crippen molar-refractivity contribution in [2.24, 2.45) is 4.99 Å². The number of rotatable bonds is 3. The molecule has 0 fully saturated rings. The summed E-state index contributed by atoms with van der Waals surface area (Å²) in [6.07, 6.45) is 1.23. The molecule has 0 radical (unpaired) electrons. The van der Waals surface area contributed by atoms with E-state index < -0.39 is 10.7 Å². The Balaban J connectivity index is 2.59. The van der Waals surface area contributed by atoms with Crippen LogP contribution in [0.5, 0.6) is 0 Å². The number of hydrogen-bond donors (Lipinski definition) is 0. The standard InChI is InChI=1S/C12H5Cl3FN3O2/c13-6-2-1-3-8(19(20)21)9(6)11(14)18-7-4-5-17-12(15)10(7)16/h1-5H. The molecule has 21 heavy (non-hydrogen) atoms. The highest BCUT2D eigenvalue weighted by atomic mass is 35.5. The Morgan fingerprint density at radius 3 is 2.71 bits per heavy atom. The second-order valence-electron chi connectivity index (χ2n) is 3.73. The number of pyridine rings is 1. The van der Waals surface area contributed by atoms with Crippen LogP contribution in [-0.2, 0) is 0 Å². The molecule has 0 unspecified atom stereocenters. The van der Waals surface area contributed by atoms with Crippen LogP contribution >= 0.6 is 34.8 Å². The van der Waals surface area contributed by atoms with E-state index in [1.165, 1.54) is 30.5 Å². The van der Waals surface area contributed by atoms with Gasteiger partial charge in [0.2, 0.25) is 0 Å². The zero-order valence-corrected chi connectivity index (χ0v) is 12.3. The van der Waals surface area contributed by atoms with Gasteiger partial charge in [-0.1, -0.05) is 40.9 Å². The summed E-state index contributed by atoms with van der Waals surface area (Å²) in [5.41, 5.74) is -0.635. The average molecular weight is 349 g/mol. The highest BCUT2D eigenvalue weighted by Crippen LogP contribution is 2.31. The third-order valence-corrected chi connectivity index (χ3v) is 3.29. The van der Waals surface area contributed by atoms with E-state index in [-0.39, 0.29) is 32.3 Å². The van der Waals surface area contributed by atoms with E-state index in [0.717, 1.165) is 0 Å². The third-order valence-electron chi connectivity index (χ3n) is 2.44. The summed E-state index contributed by atoms with van der Waals surface area (Å²) in [7, 11) is 0. The van der Waals surface area contributed by atoms with Crippen LogP contribution in [0.1, 0.15) is 5.56 Å². The zero-order chi connectivity index (χ0) is 15.6. The predicted molar refractivity (Wildman–Crippen MR) is 79.4 cm³/mol. The number of halogens is 4. The van der Waals surface area contributed by atoms with Crippen molar-refractivity contribution in [1.82, 2.24) is 4.98 Å². The van der Waals surface area contributed by atoms with Crippen molar-refractivity contribution in [1.29, 1.82) is 0 Å². The molecule has 0 bridgehead atoms. The van der Waals surface area contributed by atoms with Crippen LogP contribution in [0, 0.1) is 15.9 Å². The molecule has 9 heteroatoms. The third kappa shape index (κ3) is 3.29. The summed E-state index contributed by atoms with van der Waals surface area (Å²) in [5, 5.41) is 10.3. The maximum absolute atomic E-state index is 13.7. The topological polar surface area (TPSA) is 68.4 Å². The minimum Gasteiger partial charge on any atom is -0.258 e. The molecule has 2 aromatic rings. The minimum absolute atomic E-state index is 0.0264. The van der Waals surface area contributed by atoms with Crippen LogP contribution in [0.2, 0.25) is 10.2 Å². The summed E-state index contributed by atoms with van der Waals surface area (Å²) >= 11 is 17.4. The second kappa shape index (κ2) is 6.34.